The van der Waals surface area contributed by atoms with Gasteiger partial charge in [0.2, 0.25) is 11.9 Å². The monoisotopic (exact) mass is 393 g/mol. The van der Waals surface area contributed by atoms with Crippen LogP contribution >= 0.6 is 0 Å². The highest BCUT2D eigenvalue weighted by atomic mass is 19.3. The molecule has 0 aliphatic heterocycles. The molecule has 0 saturated heterocycles. The number of amides is 1. The van der Waals surface area contributed by atoms with Crippen LogP contribution in [0.3, 0.4) is 0 Å². The third kappa shape index (κ3) is 4.08. The molecule has 2 aromatic rings. The predicted octanol–water partition coefficient (Wildman–Crippen LogP) is 4.41. The number of rotatable bonds is 7. The molecule has 1 fully saturated rings. The van der Waals surface area contributed by atoms with Gasteiger partial charge in [0.25, 0.3) is 6.43 Å². The van der Waals surface area contributed by atoms with Gasteiger partial charge in [-0.05, 0) is 55.4 Å². The van der Waals surface area contributed by atoms with Gasteiger partial charge in [0.15, 0.2) is 0 Å². The lowest BCUT2D eigenvalue weighted by Gasteiger charge is -2.24. The Balaban J connectivity index is 1.87. The Morgan fingerprint density at radius 3 is 2.39 bits per heavy atom. The summed E-state index contributed by atoms with van der Waals surface area (Å²) in [6.07, 6.45) is -0.706. The van der Waals surface area contributed by atoms with Gasteiger partial charge < -0.3 is 4.90 Å². The molecule has 1 aliphatic carbocycles. The summed E-state index contributed by atoms with van der Waals surface area (Å²) in [5, 5.41) is 3.54. The first-order chi connectivity index (χ1) is 13.2. The lowest BCUT2D eigenvalue weighted by atomic mass is 9.97. The normalized spacial score (nSPS) is 14.0. The van der Waals surface area contributed by atoms with E-state index in [0.717, 1.165) is 35.1 Å². The van der Waals surface area contributed by atoms with Crippen LogP contribution in [-0.4, -0.2) is 26.6 Å². The quantitative estimate of drug-likeness (QED) is 0.699. The van der Waals surface area contributed by atoms with Crippen molar-refractivity contribution >= 4 is 5.91 Å². The van der Waals surface area contributed by atoms with Crippen LogP contribution in [0.25, 0.3) is 0 Å². The number of halogens is 3. The Bertz CT molecular complexity index is 888. The van der Waals surface area contributed by atoms with Crippen molar-refractivity contribution in [3.05, 3.63) is 51.6 Å². The van der Waals surface area contributed by atoms with E-state index in [1.54, 1.807) is 4.90 Å². The van der Waals surface area contributed by atoms with E-state index in [1.165, 1.54) is 18.2 Å². The number of hydrogen-bond acceptors (Lipinski definition) is 2. The Kier molecular flexibility index (Phi) is 5.82. The molecule has 1 aromatic heterocycles. The van der Waals surface area contributed by atoms with Gasteiger partial charge in [0.1, 0.15) is 5.69 Å². The average Bonchev–Trinajstić information content (AvgIpc) is 3.44. The zero-order valence-corrected chi connectivity index (χ0v) is 16.7. The second-order valence-electron chi connectivity index (χ2n) is 7.57. The van der Waals surface area contributed by atoms with Crippen LogP contribution < -0.4 is 0 Å². The summed E-state index contributed by atoms with van der Waals surface area (Å²) in [4.78, 5) is 14.7. The lowest BCUT2D eigenvalue weighted by Crippen LogP contribution is -2.34. The van der Waals surface area contributed by atoms with E-state index < -0.39 is 24.5 Å². The molecule has 4 nitrogen and oxygen atoms in total. The highest BCUT2D eigenvalue weighted by Crippen LogP contribution is 2.31. The van der Waals surface area contributed by atoms with Gasteiger partial charge in [-0.25, -0.2) is 13.5 Å². The van der Waals surface area contributed by atoms with Crippen LogP contribution in [0.15, 0.2) is 12.1 Å². The van der Waals surface area contributed by atoms with Crippen LogP contribution in [0.1, 0.15) is 59.7 Å². The summed E-state index contributed by atoms with van der Waals surface area (Å²) >= 11 is 0. The molecule has 1 heterocycles. The number of nitrogens with zero attached hydrogens (tertiary/aromatic N) is 3. The molecule has 0 bridgehead atoms. The molecule has 28 heavy (non-hydrogen) atoms. The fourth-order valence-electron chi connectivity index (χ4n) is 3.56. The number of benzene rings is 1. The zero-order chi connectivity index (χ0) is 20.6. The second-order valence-corrected chi connectivity index (χ2v) is 7.57. The first-order valence-corrected chi connectivity index (χ1v) is 9.60. The molecular formula is C21H26F3N3O. The van der Waals surface area contributed by atoms with Crippen molar-refractivity contribution in [1.29, 1.82) is 0 Å². The van der Waals surface area contributed by atoms with Crippen molar-refractivity contribution in [2.24, 2.45) is 7.05 Å². The third-order valence-corrected chi connectivity index (χ3v) is 5.48. The lowest BCUT2D eigenvalue weighted by molar-refractivity contribution is -0.131. The van der Waals surface area contributed by atoms with E-state index in [1.807, 2.05) is 6.92 Å². The average molecular weight is 393 g/mol. The number of carbonyl (C=O) groups is 1. The van der Waals surface area contributed by atoms with E-state index >= 15 is 0 Å². The summed E-state index contributed by atoms with van der Waals surface area (Å²) in [5.41, 5.74) is 3.63. The molecule has 0 spiro atoms. The van der Waals surface area contributed by atoms with Gasteiger partial charge in [0.05, 0.1) is 6.42 Å². The van der Waals surface area contributed by atoms with Crippen molar-refractivity contribution in [2.45, 2.75) is 65.5 Å². The summed E-state index contributed by atoms with van der Waals surface area (Å²) in [7, 11) is 1.26. The molecule has 1 saturated carbocycles. The molecule has 3 rings (SSSR count). The molecule has 0 atom stereocenters. The van der Waals surface area contributed by atoms with E-state index in [0.29, 0.717) is 6.54 Å². The molecule has 0 radical (unpaired) electrons. The van der Waals surface area contributed by atoms with Crippen molar-refractivity contribution in [2.75, 3.05) is 0 Å². The minimum Gasteiger partial charge on any atom is -0.335 e. The van der Waals surface area contributed by atoms with Gasteiger partial charge in [-0.2, -0.15) is 9.49 Å². The minimum atomic E-state index is -2.92. The Hall–Kier alpha value is -2.31. The maximum atomic E-state index is 14.3. The van der Waals surface area contributed by atoms with E-state index in [2.05, 4.69) is 31.1 Å². The number of aryl methyl sites for hydroxylation is 4. The standard InChI is InChI=1S/C21H26F3N3O/c1-5-14-8-12(2)13(3)9-15(14)11-27(16-6-7-16)18(28)10-17-19(20(22)23)25-26(4)21(17)24/h8-9,16,20H,5-7,10-11H2,1-4H3. The van der Waals surface area contributed by atoms with Crippen LogP contribution in [0, 0.1) is 19.8 Å². The molecule has 0 N–H and O–H groups in total. The molecule has 152 valence electrons. The first kappa shape index (κ1) is 20.4. The largest absolute Gasteiger partial charge is 0.335 e. The minimum absolute atomic E-state index is 0.0912. The molecule has 7 heteroatoms. The SMILES string of the molecule is CCc1cc(C)c(C)cc1CN(C(=O)Cc1c(C(F)F)nn(C)c1F)C1CC1. The van der Waals surface area contributed by atoms with Crippen LogP contribution in [0.5, 0.6) is 0 Å². The smallest absolute Gasteiger partial charge is 0.282 e. The number of hydrogen-bond donors (Lipinski definition) is 0. The fraction of sp³-hybridized carbons (Fsp3) is 0.524. The van der Waals surface area contributed by atoms with E-state index in [9.17, 15) is 18.0 Å². The van der Waals surface area contributed by atoms with Crippen molar-refractivity contribution in [1.82, 2.24) is 14.7 Å². The number of alkyl halides is 2. The van der Waals surface area contributed by atoms with Crippen molar-refractivity contribution in [3.63, 3.8) is 0 Å². The Morgan fingerprint density at radius 2 is 1.86 bits per heavy atom. The molecule has 1 aromatic carbocycles. The van der Waals surface area contributed by atoms with Crippen LogP contribution in [0.2, 0.25) is 0 Å². The molecule has 0 unspecified atom stereocenters. The first-order valence-electron chi connectivity index (χ1n) is 9.60. The second kappa shape index (κ2) is 7.97. The Morgan fingerprint density at radius 1 is 1.25 bits per heavy atom. The van der Waals surface area contributed by atoms with Gasteiger partial charge in [0, 0.05) is 25.2 Å². The summed E-state index contributed by atoms with van der Waals surface area (Å²) in [5.74, 6) is -1.21. The molecule has 1 amide bonds. The number of aromatic nitrogens is 2. The van der Waals surface area contributed by atoms with E-state index in [4.69, 9.17) is 0 Å². The van der Waals surface area contributed by atoms with Gasteiger partial charge in [-0.15, -0.1) is 0 Å². The van der Waals surface area contributed by atoms with Crippen LogP contribution in [0.4, 0.5) is 13.2 Å². The highest BCUT2D eigenvalue weighted by Gasteiger charge is 2.35. The Labute approximate surface area is 163 Å². The maximum absolute atomic E-state index is 14.3. The van der Waals surface area contributed by atoms with Crippen LogP contribution in [-0.2, 0) is 31.2 Å². The number of carbonyl (C=O) groups excluding carboxylic acids is 1. The fourth-order valence-corrected chi connectivity index (χ4v) is 3.56. The summed E-state index contributed by atoms with van der Waals surface area (Å²) in [6, 6.07) is 4.32. The van der Waals surface area contributed by atoms with Gasteiger partial charge in [-0.1, -0.05) is 19.1 Å². The van der Waals surface area contributed by atoms with Crippen molar-refractivity contribution in [3.8, 4) is 0 Å². The van der Waals surface area contributed by atoms with E-state index in [-0.39, 0.29) is 17.5 Å². The summed E-state index contributed by atoms with van der Waals surface area (Å²) in [6.45, 7) is 6.57. The molecular weight excluding hydrogens is 367 g/mol. The topological polar surface area (TPSA) is 38.1 Å². The third-order valence-electron chi connectivity index (χ3n) is 5.48. The summed E-state index contributed by atoms with van der Waals surface area (Å²) < 4.78 is 41.4. The predicted molar refractivity (Wildman–Crippen MR) is 101 cm³/mol. The van der Waals surface area contributed by atoms with Gasteiger partial charge >= 0.3 is 0 Å². The molecule has 1 aliphatic rings. The maximum Gasteiger partial charge on any atom is 0.282 e. The zero-order valence-electron chi connectivity index (χ0n) is 16.7. The van der Waals surface area contributed by atoms with Gasteiger partial charge in [-0.3, -0.25) is 4.79 Å². The van der Waals surface area contributed by atoms with Crippen molar-refractivity contribution < 1.29 is 18.0 Å². The highest BCUT2D eigenvalue weighted by molar-refractivity contribution is 5.79.